The zero-order chi connectivity index (χ0) is 25.5. The molecule has 5 nitrogen and oxygen atoms in total. The third-order valence-electron chi connectivity index (χ3n) is 6.48. The highest BCUT2D eigenvalue weighted by Gasteiger charge is 2.20. The number of carbonyl (C=O) groups excluding carboxylic acids is 1. The number of allylic oxidation sites excluding steroid dienone is 2. The van der Waals surface area contributed by atoms with Gasteiger partial charge in [-0.15, -0.1) is 11.3 Å². The Morgan fingerprint density at radius 2 is 2.00 bits per heavy atom. The quantitative estimate of drug-likeness (QED) is 0.195. The highest BCUT2D eigenvalue weighted by atomic mass is 35.5. The first-order valence-corrected chi connectivity index (χ1v) is 14.3. The van der Waals surface area contributed by atoms with Crippen LogP contribution >= 0.6 is 34.5 Å². The molecule has 0 saturated heterocycles. The van der Waals surface area contributed by atoms with Crippen LogP contribution in [0.25, 0.3) is 11.4 Å². The summed E-state index contributed by atoms with van der Waals surface area (Å²) in [6.45, 7) is 6.00. The summed E-state index contributed by atoms with van der Waals surface area (Å²) in [5.74, 6) is 0.588. The number of nitrogens with one attached hydrogen (secondary N) is 1. The van der Waals surface area contributed by atoms with E-state index in [0.717, 1.165) is 53.5 Å². The van der Waals surface area contributed by atoms with Crippen LogP contribution in [0.4, 0.5) is 0 Å². The van der Waals surface area contributed by atoms with E-state index in [1.807, 2.05) is 18.4 Å². The second-order valence-corrected chi connectivity index (χ2v) is 11.0. The molecule has 0 radical (unpaired) electrons. The van der Waals surface area contributed by atoms with Gasteiger partial charge in [0.2, 0.25) is 0 Å². The minimum absolute atomic E-state index is 0.0190. The van der Waals surface area contributed by atoms with E-state index in [4.69, 9.17) is 32.9 Å². The van der Waals surface area contributed by atoms with Crippen molar-refractivity contribution in [3.8, 4) is 17.1 Å². The first-order chi connectivity index (χ1) is 17.4. The first kappa shape index (κ1) is 26.8. The molecule has 192 valence electrons. The van der Waals surface area contributed by atoms with E-state index in [0.29, 0.717) is 28.9 Å². The average molecular weight is 547 g/mol. The Hall–Kier alpha value is -2.28. The van der Waals surface area contributed by atoms with Gasteiger partial charge in [0.15, 0.2) is 0 Å². The number of rotatable bonds is 11. The molecule has 36 heavy (non-hydrogen) atoms. The summed E-state index contributed by atoms with van der Waals surface area (Å²) in [5, 5.41) is 7.01. The standard InChI is InChI=1S/C28H33Cl2N3O2S/c1-3-4-11-31-28(34)24-16-26(33(19(24)2)12-10-20-8-6-5-7-9-20)25-18-36-27(32-25)17-35-23-14-21(29)13-22(30)15-23/h8,13-16,18H,3-7,9-12,17H2,1-2H3,(H,31,34). The van der Waals surface area contributed by atoms with Crippen molar-refractivity contribution in [1.82, 2.24) is 14.9 Å². The minimum Gasteiger partial charge on any atom is -0.486 e. The predicted octanol–water partition coefficient (Wildman–Crippen LogP) is 8.23. The van der Waals surface area contributed by atoms with Crippen LogP contribution in [-0.4, -0.2) is 22.0 Å². The monoisotopic (exact) mass is 545 g/mol. The molecule has 0 saturated carbocycles. The van der Waals surface area contributed by atoms with Crippen LogP contribution in [0.5, 0.6) is 5.75 Å². The molecule has 4 rings (SSSR count). The second-order valence-electron chi connectivity index (χ2n) is 9.17. The van der Waals surface area contributed by atoms with Gasteiger partial charge in [0.1, 0.15) is 17.4 Å². The molecule has 0 spiro atoms. The van der Waals surface area contributed by atoms with Crippen LogP contribution in [0.15, 0.2) is 41.3 Å². The Labute approximate surface area is 227 Å². The largest absolute Gasteiger partial charge is 0.486 e. The van der Waals surface area contributed by atoms with Gasteiger partial charge in [-0.2, -0.15) is 0 Å². The van der Waals surface area contributed by atoms with E-state index in [1.165, 1.54) is 42.6 Å². The van der Waals surface area contributed by atoms with Crippen molar-refractivity contribution in [2.45, 2.75) is 71.9 Å². The Bertz CT molecular complexity index is 1210. The summed E-state index contributed by atoms with van der Waals surface area (Å²) in [6, 6.07) is 7.13. The third kappa shape index (κ3) is 6.93. The number of ether oxygens (including phenoxy) is 1. The molecular formula is C28H33Cl2N3O2S. The van der Waals surface area contributed by atoms with Gasteiger partial charge in [-0.1, -0.05) is 48.2 Å². The van der Waals surface area contributed by atoms with Gasteiger partial charge in [-0.05, 0) is 69.7 Å². The van der Waals surface area contributed by atoms with Crippen molar-refractivity contribution in [2.75, 3.05) is 6.54 Å². The lowest BCUT2D eigenvalue weighted by Gasteiger charge is -2.15. The molecule has 0 unspecified atom stereocenters. The van der Waals surface area contributed by atoms with Gasteiger partial charge >= 0.3 is 0 Å². The average Bonchev–Trinajstić information content (AvgIpc) is 3.46. The zero-order valence-electron chi connectivity index (χ0n) is 20.9. The van der Waals surface area contributed by atoms with Gasteiger partial charge in [0.25, 0.3) is 5.91 Å². The van der Waals surface area contributed by atoms with E-state index in [2.05, 4.69) is 22.9 Å². The number of carbonyl (C=O) groups is 1. The minimum atomic E-state index is -0.0190. The molecule has 0 fully saturated rings. The Morgan fingerprint density at radius 1 is 1.19 bits per heavy atom. The summed E-state index contributed by atoms with van der Waals surface area (Å²) >= 11 is 13.7. The maximum Gasteiger partial charge on any atom is 0.253 e. The number of halogens is 2. The summed E-state index contributed by atoms with van der Waals surface area (Å²) in [6.07, 6.45) is 10.3. The summed E-state index contributed by atoms with van der Waals surface area (Å²) in [5.41, 5.74) is 5.04. The molecule has 1 N–H and O–H groups in total. The Balaban J connectivity index is 1.55. The van der Waals surface area contributed by atoms with Crippen LogP contribution in [0.2, 0.25) is 10.0 Å². The van der Waals surface area contributed by atoms with Gasteiger partial charge in [-0.3, -0.25) is 4.79 Å². The number of benzene rings is 1. The molecule has 2 aromatic heterocycles. The lowest BCUT2D eigenvalue weighted by molar-refractivity contribution is 0.0952. The molecule has 0 atom stereocenters. The van der Waals surface area contributed by atoms with Crippen molar-refractivity contribution < 1.29 is 9.53 Å². The lowest BCUT2D eigenvalue weighted by Crippen LogP contribution is -2.24. The van der Waals surface area contributed by atoms with Gasteiger partial charge in [-0.25, -0.2) is 4.98 Å². The fourth-order valence-electron chi connectivity index (χ4n) is 4.49. The van der Waals surface area contributed by atoms with Gasteiger partial charge in [0.05, 0.1) is 17.0 Å². The zero-order valence-corrected chi connectivity index (χ0v) is 23.2. The molecule has 3 aromatic rings. The van der Waals surface area contributed by atoms with E-state index in [1.54, 1.807) is 18.2 Å². The topological polar surface area (TPSA) is 56.1 Å². The predicted molar refractivity (Wildman–Crippen MR) is 149 cm³/mol. The molecule has 0 bridgehead atoms. The number of nitrogens with zero attached hydrogens (tertiary/aromatic N) is 2. The SMILES string of the molecule is CCCCNC(=O)c1cc(-c2csc(COc3cc(Cl)cc(Cl)c3)n2)n(CCC2=CCCCC2)c1C. The van der Waals surface area contributed by atoms with Gasteiger partial charge in [0, 0.05) is 34.2 Å². The molecule has 8 heteroatoms. The first-order valence-electron chi connectivity index (χ1n) is 12.6. The third-order valence-corrected chi connectivity index (χ3v) is 7.74. The second kappa shape index (κ2) is 12.8. The van der Waals surface area contributed by atoms with Crippen LogP contribution in [0.1, 0.15) is 72.9 Å². The fourth-order valence-corrected chi connectivity index (χ4v) is 5.69. The molecule has 1 aliphatic carbocycles. The number of hydrogen-bond acceptors (Lipinski definition) is 4. The van der Waals surface area contributed by atoms with E-state index in [9.17, 15) is 4.79 Å². The van der Waals surface area contributed by atoms with Crippen LogP contribution < -0.4 is 10.1 Å². The molecule has 1 aromatic carbocycles. The lowest BCUT2D eigenvalue weighted by atomic mass is 9.97. The highest BCUT2D eigenvalue weighted by molar-refractivity contribution is 7.09. The number of hydrogen-bond donors (Lipinski definition) is 1. The Kier molecular flexibility index (Phi) is 9.52. The van der Waals surface area contributed by atoms with Gasteiger partial charge < -0.3 is 14.6 Å². The van der Waals surface area contributed by atoms with Crippen LogP contribution in [-0.2, 0) is 13.2 Å². The molecule has 1 amide bonds. The highest BCUT2D eigenvalue weighted by Crippen LogP contribution is 2.30. The number of aromatic nitrogens is 2. The van der Waals surface area contributed by atoms with E-state index >= 15 is 0 Å². The normalized spacial score (nSPS) is 13.5. The van der Waals surface area contributed by atoms with Crippen LogP contribution in [0.3, 0.4) is 0 Å². The van der Waals surface area contributed by atoms with E-state index in [-0.39, 0.29) is 5.91 Å². The van der Waals surface area contributed by atoms with Crippen molar-refractivity contribution >= 4 is 40.4 Å². The van der Waals surface area contributed by atoms with Crippen molar-refractivity contribution in [1.29, 1.82) is 0 Å². The summed E-state index contributed by atoms with van der Waals surface area (Å²) in [4.78, 5) is 17.8. The maximum absolute atomic E-state index is 13.0. The molecular weight excluding hydrogens is 513 g/mol. The number of amides is 1. The van der Waals surface area contributed by atoms with E-state index < -0.39 is 0 Å². The van der Waals surface area contributed by atoms with Crippen molar-refractivity contribution in [3.63, 3.8) is 0 Å². The maximum atomic E-state index is 13.0. The molecule has 1 aliphatic rings. The summed E-state index contributed by atoms with van der Waals surface area (Å²) < 4.78 is 8.13. The number of unbranched alkanes of at least 4 members (excludes halogenated alkanes) is 1. The Morgan fingerprint density at radius 3 is 2.72 bits per heavy atom. The molecule has 0 aliphatic heterocycles. The fraction of sp³-hybridized carbons (Fsp3) is 0.429. The molecule has 2 heterocycles. The van der Waals surface area contributed by atoms with Crippen molar-refractivity contribution in [2.24, 2.45) is 0 Å². The van der Waals surface area contributed by atoms with Crippen LogP contribution in [0, 0.1) is 6.92 Å². The van der Waals surface area contributed by atoms with Crippen molar-refractivity contribution in [3.05, 3.63) is 67.6 Å². The smallest absolute Gasteiger partial charge is 0.253 e. The summed E-state index contributed by atoms with van der Waals surface area (Å²) in [7, 11) is 0. The number of thiazole rings is 1.